The Bertz CT molecular complexity index is 1280. The fourth-order valence-corrected chi connectivity index (χ4v) is 9.62. The van der Waals surface area contributed by atoms with E-state index in [1.54, 1.807) is 0 Å². The predicted octanol–water partition coefficient (Wildman–Crippen LogP) is 22.2. The first-order chi connectivity index (χ1) is 36.5. The van der Waals surface area contributed by atoms with E-state index < -0.39 is 6.10 Å². The first kappa shape index (κ1) is 71.4. The Kier molecular flexibility index (Phi) is 60.7. The van der Waals surface area contributed by atoms with Crippen LogP contribution in [-0.2, 0) is 28.6 Å². The number of rotatable bonds is 60. The summed E-state index contributed by atoms with van der Waals surface area (Å²) in [5.74, 6) is -0.865. The van der Waals surface area contributed by atoms with Crippen molar-refractivity contribution >= 4 is 17.9 Å². The summed E-state index contributed by atoms with van der Waals surface area (Å²) >= 11 is 0. The summed E-state index contributed by atoms with van der Waals surface area (Å²) in [5, 5.41) is 0. The van der Waals surface area contributed by atoms with Gasteiger partial charge in [-0.3, -0.25) is 14.4 Å². The number of allylic oxidation sites excluding steroid dienone is 8. The molecule has 0 radical (unpaired) electrons. The molecule has 0 heterocycles. The molecule has 0 aliphatic heterocycles. The number of carbonyl (C=O) groups excluding carboxylic acids is 3. The third-order valence-corrected chi connectivity index (χ3v) is 14.6. The van der Waals surface area contributed by atoms with E-state index in [1.807, 2.05) is 0 Å². The molecule has 1 unspecified atom stereocenters. The van der Waals surface area contributed by atoms with Gasteiger partial charge in [0.1, 0.15) is 13.2 Å². The van der Waals surface area contributed by atoms with Gasteiger partial charge in [0.05, 0.1) is 0 Å². The molecule has 74 heavy (non-hydrogen) atoms. The lowest BCUT2D eigenvalue weighted by Gasteiger charge is -2.18. The van der Waals surface area contributed by atoms with E-state index in [4.69, 9.17) is 14.2 Å². The van der Waals surface area contributed by atoms with Crippen molar-refractivity contribution in [3.63, 3.8) is 0 Å². The Morgan fingerprint density at radius 3 is 0.770 bits per heavy atom. The highest BCUT2D eigenvalue weighted by atomic mass is 16.6. The minimum Gasteiger partial charge on any atom is -0.462 e. The first-order valence-corrected chi connectivity index (χ1v) is 32.6. The van der Waals surface area contributed by atoms with Crippen molar-refractivity contribution in [2.75, 3.05) is 13.2 Å². The standard InChI is InChI=1S/C68H124O6/c1-4-7-10-13-16-19-21-23-25-26-27-28-29-30-31-32-33-34-35-36-37-38-39-40-41-42-43-45-46-49-52-55-58-61-67(70)73-64-65(63-72-66(69)60-57-54-51-48-18-15-12-9-6-3)74-68(71)62-59-56-53-50-47-44-24-22-20-17-14-11-8-5-2/h21-24,26-27,29-30,65H,4-20,25,28,31-64H2,1-3H3/b23-21-,24-22-,27-26-,30-29-. The Hall–Kier alpha value is -2.63. The second kappa shape index (κ2) is 62.9. The summed E-state index contributed by atoms with van der Waals surface area (Å²) in [7, 11) is 0. The predicted molar refractivity (Wildman–Crippen MR) is 321 cm³/mol. The Morgan fingerprint density at radius 1 is 0.270 bits per heavy atom. The van der Waals surface area contributed by atoms with Gasteiger partial charge in [-0.2, -0.15) is 0 Å². The fourth-order valence-electron chi connectivity index (χ4n) is 9.62. The molecule has 432 valence electrons. The van der Waals surface area contributed by atoms with Crippen LogP contribution < -0.4 is 0 Å². The molecule has 0 aromatic heterocycles. The van der Waals surface area contributed by atoms with E-state index in [9.17, 15) is 14.4 Å². The average molecular weight is 1040 g/mol. The van der Waals surface area contributed by atoms with Crippen LogP contribution in [0.2, 0.25) is 0 Å². The highest BCUT2D eigenvalue weighted by Gasteiger charge is 2.19. The van der Waals surface area contributed by atoms with Crippen molar-refractivity contribution in [1.82, 2.24) is 0 Å². The van der Waals surface area contributed by atoms with Crippen LogP contribution in [0.15, 0.2) is 48.6 Å². The van der Waals surface area contributed by atoms with Crippen molar-refractivity contribution in [3.05, 3.63) is 48.6 Å². The van der Waals surface area contributed by atoms with Crippen molar-refractivity contribution in [1.29, 1.82) is 0 Å². The molecule has 0 N–H and O–H groups in total. The van der Waals surface area contributed by atoms with E-state index >= 15 is 0 Å². The second-order valence-corrected chi connectivity index (χ2v) is 22.0. The molecular weight excluding hydrogens is 913 g/mol. The van der Waals surface area contributed by atoms with Crippen LogP contribution >= 0.6 is 0 Å². The zero-order valence-electron chi connectivity index (χ0n) is 49.6. The molecule has 0 spiro atoms. The van der Waals surface area contributed by atoms with Crippen molar-refractivity contribution in [2.24, 2.45) is 0 Å². The summed E-state index contributed by atoms with van der Waals surface area (Å²) in [4.78, 5) is 38.1. The van der Waals surface area contributed by atoms with Crippen LogP contribution in [0, 0.1) is 0 Å². The lowest BCUT2D eigenvalue weighted by atomic mass is 10.0. The molecule has 0 rings (SSSR count). The van der Waals surface area contributed by atoms with Crippen LogP contribution in [0.1, 0.15) is 348 Å². The molecule has 0 aromatic carbocycles. The number of carbonyl (C=O) groups is 3. The normalized spacial score (nSPS) is 12.3. The van der Waals surface area contributed by atoms with E-state index in [-0.39, 0.29) is 31.1 Å². The second-order valence-electron chi connectivity index (χ2n) is 22.0. The minimum absolute atomic E-state index is 0.0717. The van der Waals surface area contributed by atoms with E-state index in [0.29, 0.717) is 19.3 Å². The monoisotopic (exact) mass is 1040 g/mol. The van der Waals surface area contributed by atoms with Gasteiger partial charge in [-0.25, -0.2) is 0 Å². The molecule has 0 aliphatic rings. The van der Waals surface area contributed by atoms with Crippen molar-refractivity contribution in [2.45, 2.75) is 354 Å². The zero-order chi connectivity index (χ0) is 53.6. The van der Waals surface area contributed by atoms with Crippen LogP contribution in [0.4, 0.5) is 0 Å². The van der Waals surface area contributed by atoms with Crippen LogP contribution in [-0.4, -0.2) is 37.2 Å². The fraction of sp³-hybridized carbons (Fsp3) is 0.838. The zero-order valence-corrected chi connectivity index (χ0v) is 49.6. The highest BCUT2D eigenvalue weighted by molar-refractivity contribution is 5.71. The number of hydrogen-bond acceptors (Lipinski definition) is 6. The topological polar surface area (TPSA) is 78.9 Å². The smallest absolute Gasteiger partial charge is 0.306 e. The third-order valence-electron chi connectivity index (χ3n) is 14.6. The molecule has 0 aromatic rings. The molecule has 6 nitrogen and oxygen atoms in total. The molecule has 0 saturated carbocycles. The van der Waals surface area contributed by atoms with Gasteiger partial charge in [0, 0.05) is 19.3 Å². The van der Waals surface area contributed by atoms with Gasteiger partial charge in [0.2, 0.25) is 0 Å². The maximum Gasteiger partial charge on any atom is 0.306 e. The molecule has 6 heteroatoms. The Morgan fingerprint density at radius 2 is 0.486 bits per heavy atom. The largest absolute Gasteiger partial charge is 0.462 e. The lowest BCUT2D eigenvalue weighted by molar-refractivity contribution is -0.167. The molecule has 0 amide bonds. The van der Waals surface area contributed by atoms with Crippen LogP contribution in [0.5, 0.6) is 0 Å². The third kappa shape index (κ3) is 60.2. The van der Waals surface area contributed by atoms with Gasteiger partial charge in [0.15, 0.2) is 6.10 Å². The van der Waals surface area contributed by atoms with Crippen LogP contribution in [0.3, 0.4) is 0 Å². The summed E-state index contributed by atoms with van der Waals surface area (Å²) in [5.41, 5.74) is 0. The number of ether oxygens (including phenoxy) is 3. The quantitative estimate of drug-likeness (QED) is 0.0261. The molecule has 0 aliphatic carbocycles. The molecule has 1 atom stereocenters. The Balaban J connectivity index is 4.02. The summed E-state index contributed by atoms with van der Waals surface area (Å²) < 4.78 is 16.9. The van der Waals surface area contributed by atoms with Gasteiger partial charge < -0.3 is 14.2 Å². The summed E-state index contributed by atoms with van der Waals surface area (Å²) in [6, 6.07) is 0. The van der Waals surface area contributed by atoms with Gasteiger partial charge in [-0.1, -0.05) is 294 Å². The van der Waals surface area contributed by atoms with E-state index in [0.717, 1.165) is 77.0 Å². The maximum absolute atomic E-state index is 12.8. The highest BCUT2D eigenvalue weighted by Crippen LogP contribution is 2.17. The van der Waals surface area contributed by atoms with Crippen molar-refractivity contribution < 1.29 is 28.6 Å². The molecule has 0 bridgehead atoms. The number of esters is 3. The van der Waals surface area contributed by atoms with Gasteiger partial charge >= 0.3 is 17.9 Å². The van der Waals surface area contributed by atoms with E-state index in [2.05, 4.69) is 69.4 Å². The summed E-state index contributed by atoms with van der Waals surface area (Å²) in [6.07, 6.45) is 78.6. The lowest BCUT2D eigenvalue weighted by Crippen LogP contribution is -2.30. The molecular formula is C68H124O6. The summed E-state index contributed by atoms with van der Waals surface area (Å²) in [6.45, 7) is 6.63. The number of hydrogen-bond donors (Lipinski definition) is 0. The van der Waals surface area contributed by atoms with E-state index in [1.165, 1.54) is 231 Å². The maximum atomic E-state index is 12.8. The van der Waals surface area contributed by atoms with Gasteiger partial charge in [-0.05, 0) is 83.5 Å². The van der Waals surface area contributed by atoms with Crippen LogP contribution in [0.25, 0.3) is 0 Å². The Labute approximate surface area is 460 Å². The first-order valence-electron chi connectivity index (χ1n) is 32.6. The van der Waals surface area contributed by atoms with Gasteiger partial charge in [0.25, 0.3) is 0 Å². The van der Waals surface area contributed by atoms with Crippen molar-refractivity contribution in [3.8, 4) is 0 Å². The minimum atomic E-state index is -0.772. The van der Waals surface area contributed by atoms with Gasteiger partial charge in [-0.15, -0.1) is 0 Å². The molecule has 0 saturated heterocycles. The average Bonchev–Trinajstić information content (AvgIpc) is 3.40. The SMILES string of the molecule is CCCCCCC/C=C\C/C=C\C/C=C\CCCCCCCCCCCCCCCCCCCCC(=O)OCC(COC(=O)CCCCCCCCCCC)OC(=O)CCCCCCC/C=C\CCCCCCC. The number of unbranched alkanes of at least 4 members (excludes halogenated alkanes) is 41. The molecule has 0 fully saturated rings.